The second kappa shape index (κ2) is 4.27. The van der Waals surface area contributed by atoms with Crippen molar-refractivity contribution in [3.05, 3.63) is 24.4 Å². The summed E-state index contributed by atoms with van der Waals surface area (Å²) in [5, 5.41) is 7.13. The number of nitrogens with one attached hydrogen (secondary N) is 1. The van der Waals surface area contributed by atoms with E-state index in [0.29, 0.717) is 0 Å². The zero-order chi connectivity index (χ0) is 10.7. The molecule has 5 heteroatoms. The summed E-state index contributed by atoms with van der Waals surface area (Å²) in [5.74, 6) is 1.52. The smallest absolute Gasteiger partial charge is 0.196 e. The number of likely N-dealkylation sites (N-methyl/N-ethyl adjacent to an activating group) is 1. The van der Waals surface area contributed by atoms with Crippen molar-refractivity contribution in [3.8, 4) is 11.5 Å². The largest absolute Gasteiger partial charge is 0.439 e. The van der Waals surface area contributed by atoms with Gasteiger partial charge in [0.15, 0.2) is 11.7 Å². The van der Waals surface area contributed by atoms with Crippen LogP contribution in [0.2, 0.25) is 0 Å². The monoisotopic (exact) mass is 206 g/mol. The third-order valence-electron chi connectivity index (χ3n) is 2.22. The third-order valence-corrected chi connectivity index (χ3v) is 2.22. The van der Waals surface area contributed by atoms with Crippen molar-refractivity contribution in [1.82, 2.24) is 20.1 Å². The first kappa shape index (κ1) is 9.92. The third kappa shape index (κ3) is 2.07. The van der Waals surface area contributed by atoms with Crippen LogP contribution in [0, 0.1) is 0 Å². The summed E-state index contributed by atoms with van der Waals surface area (Å²) in [7, 11) is 3.79. The molecule has 2 heterocycles. The molecule has 0 amide bonds. The molecule has 5 nitrogen and oxygen atoms in total. The maximum Gasteiger partial charge on any atom is 0.196 e. The minimum absolute atomic E-state index is 0.751. The molecule has 0 saturated heterocycles. The topological polar surface area (TPSA) is 55.9 Å². The number of nitrogens with zero attached hydrogens (tertiary/aromatic N) is 3. The zero-order valence-corrected chi connectivity index (χ0v) is 8.90. The summed E-state index contributed by atoms with van der Waals surface area (Å²) in [4.78, 5) is 4.20. The van der Waals surface area contributed by atoms with E-state index in [9.17, 15) is 0 Å². The van der Waals surface area contributed by atoms with E-state index in [-0.39, 0.29) is 0 Å². The molecule has 2 rings (SSSR count). The maximum absolute atomic E-state index is 5.60. The minimum atomic E-state index is 0.751. The van der Waals surface area contributed by atoms with Gasteiger partial charge < -0.3 is 9.73 Å². The van der Waals surface area contributed by atoms with Crippen molar-refractivity contribution in [2.75, 3.05) is 13.6 Å². The van der Waals surface area contributed by atoms with Crippen molar-refractivity contribution >= 4 is 0 Å². The van der Waals surface area contributed by atoms with Crippen LogP contribution >= 0.6 is 0 Å². The van der Waals surface area contributed by atoms with Gasteiger partial charge in [-0.2, -0.15) is 5.10 Å². The number of hydrogen-bond donors (Lipinski definition) is 1. The van der Waals surface area contributed by atoms with Crippen LogP contribution in [0.3, 0.4) is 0 Å². The lowest BCUT2D eigenvalue weighted by atomic mass is 10.3. The fraction of sp³-hybridized carbons (Fsp3) is 0.400. The van der Waals surface area contributed by atoms with E-state index in [1.54, 1.807) is 17.1 Å². The highest BCUT2D eigenvalue weighted by Gasteiger charge is 2.08. The van der Waals surface area contributed by atoms with E-state index in [4.69, 9.17) is 4.42 Å². The summed E-state index contributed by atoms with van der Waals surface area (Å²) < 4.78 is 7.37. The van der Waals surface area contributed by atoms with E-state index in [2.05, 4.69) is 15.4 Å². The van der Waals surface area contributed by atoms with E-state index >= 15 is 0 Å². The van der Waals surface area contributed by atoms with Gasteiger partial charge in [-0.15, -0.1) is 0 Å². The Kier molecular flexibility index (Phi) is 2.82. The Labute approximate surface area is 88.1 Å². The number of aromatic nitrogens is 3. The van der Waals surface area contributed by atoms with Crippen molar-refractivity contribution in [2.24, 2.45) is 7.05 Å². The highest BCUT2D eigenvalue weighted by molar-refractivity contribution is 5.50. The second-order valence-electron chi connectivity index (χ2n) is 3.31. The Hall–Kier alpha value is -1.62. The minimum Gasteiger partial charge on any atom is -0.439 e. The first-order chi connectivity index (χ1) is 7.31. The normalized spacial score (nSPS) is 10.8. The summed E-state index contributed by atoms with van der Waals surface area (Å²) in [6, 6.07) is 1.91. The number of hydrogen-bond acceptors (Lipinski definition) is 4. The molecule has 1 N–H and O–H groups in total. The van der Waals surface area contributed by atoms with Crippen LogP contribution in [-0.4, -0.2) is 28.4 Å². The number of aryl methyl sites for hydroxylation is 1. The second-order valence-corrected chi connectivity index (χ2v) is 3.31. The lowest BCUT2D eigenvalue weighted by molar-refractivity contribution is 0.496. The molecule has 0 aromatic carbocycles. The molecule has 0 aliphatic heterocycles. The van der Waals surface area contributed by atoms with Gasteiger partial charge in [0.05, 0.1) is 6.20 Å². The highest BCUT2D eigenvalue weighted by Crippen LogP contribution is 2.18. The van der Waals surface area contributed by atoms with Crippen LogP contribution in [0.25, 0.3) is 11.5 Å². The van der Waals surface area contributed by atoms with Crippen LogP contribution in [0.4, 0.5) is 0 Å². The van der Waals surface area contributed by atoms with Crippen molar-refractivity contribution in [1.29, 1.82) is 0 Å². The lowest BCUT2D eigenvalue weighted by Gasteiger charge is -1.96. The van der Waals surface area contributed by atoms with Crippen molar-refractivity contribution in [3.63, 3.8) is 0 Å². The predicted molar refractivity (Wildman–Crippen MR) is 56.3 cm³/mol. The Morgan fingerprint density at radius 2 is 2.40 bits per heavy atom. The van der Waals surface area contributed by atoms with Crippen molar-refractivity contribution < 1.29 is 4.42 Å². The van der Waals surface area contributed by atoms with Crippen LogP contribution in [0.15, 0.2) is 22.9 Å². The van der Waals surface area contributed by atoms with Gasteiger partial charge in [-0.3, -0.25) is 4.68 Å². The van der Waals surface area contributed by atoms with E-state index in [0.717, 1.165) is 30.3 Å². The van der Waals surface area contributed by atoms with Crippen LogP contribution in [-0.2, 0) is 13.5 Å². The number of rotatable bonds is 4. The van der Waals surface area contributed by atoms with E-state index in [1.165, 1.54) is 0 Å². The first-order valence-electron chi connectivity index (χ1n) is 4.89. The molecular weight excluding hydrogens is 192 g/mol. The molecule has 0 bridgehead atoms. The van der Waals surface area contributed by atoms with Gasteiger partial charge >= 0.3 is 0 Å². The molecule has 0 aliphatic carbocycles. The number of oxazole rings is 1. The summed E-state index contributed by atoms with van der Waals surface area (Å²) in [6.45, 7) is 0.866. The van der Waals surface area contributed by atoms with Gasteiger partial charge in [0, 0.05) is 26.2 Å². The highest BCUT2D eigenvalue weighted by atomic mass is 16.4. The molecule has 0 radical (unpaired) electrons. The lowest BCUT2D eigenvalue weighted by Crippen LogP contribution is -2.10. The van der Waals surface area contributed by atoms with Crippen LogP contribution < -0.4 is 5.32 Å². The quantitative estimate of drug-likeness (QED) is 0.805. The van der Waals surface area contributed by atoms with Gasteiger partial charge in [-0.05, 0) is 13.1 Å². The Balaban J connectivity index is 2.17. The molecule has 80 valence electrons. The zero-order valence-electron chi connectivity index (χ0n) is 8.90. The molecule has 0 fully saturated rings. The van der Waals surface area contributed by atoms with E-state index < -0.39 is 0 Å². The average Bonchev–Trinajstić information content (AvgIpc) is 2.83. The molecule has 0 unspecified atom stereocenters. The molecule has 0 aliphatic rings. The molecule has 0 atom stereocenters. The molecule has 2 aromatic heterocycles. The summed E-state index contributed by atoms with van der Waals surface area (Å²) in [5.41, 5.74) is 0.943. The molecule has 2 aromatic rings. The summed E-state index contributed by atoms with van der Waals surface area (Å²) >= 11 is 0. The molecule has 15 heavy (non-hydrogen) atoms. The standard InChI is InChI=1S/C10H14N4O/c1-11-5-4-10-12-7-9(15-10)8-3-6-13-14(8)2/h3,6-7,11H,4-5H2,1-2H3. The SMILES string of the molecule is CNCCc1ncc(-c2ccnn2C)o1. The Bertz CT molecular complexity index is 432. The summed E-state index contributed by atoms with van der Waals surface area (Å²) in [6.07, 6.45) is 4.28. The fourth-order valence-electron chi connectivity index (χ4n) is 1.39. The van der Waals surface area contributed by atoms with E-state index in [1.807, 2.05) is 20.2 Å². The maximum atomic E-state index is 5.60. The Morgan fingerprint density at radius 1 is 1.53 bits per heavy atom. The molecule has 0 saturated carbocycles. The average molecular weight is 206 g/mol. The van der Waals surface area contributed by atoms with Crippen LogP contribution in [0.5, 0.6) is 0 Å². The van der Waals surface area contributed by atoms with Crippen molar-refractivity contribution in [2.45, 2.75) is 6.42 Å². The Morgan fingerprint density at radius 3 is 3.07 bits per heavy atom. The van der Waals surface area contributed by atoms with Gasteiger partial charge in [-0.1, -0.05) is 0 Å². The van der Waals surface area contributed by atoms with Gasteiger partial charge in [0.25, 0.3) is 0 Å². The molecule has 0 spiro atoms. The predicted octanol–water partition coefficient (Wildman–Crippen LogP) is 0.837. The molecular formula is C10H14N4O. The first-order valence-corrected chi connectivity index (χ1v) is 4.89. The van der Waals surface area contributed by atoms with Gasteiger partial charge in [0.2, 0.25) is 0 Å². The fourth-order valence-corrected chi connectivity index (χ4v) is 1.39. The van der Waals surface area contributed by atoms with Gasteiger partial charge in [-0.25, -0.2) is 4.98 Å². The van der Waals surface area contributed by atoms with Gasteiger partial charge in [0.1, 0.15) is 5.69 Å². The van der Waals surface area contributed by atoms with Crippen LogP contribution in [0.1, 0.15) is 5.89 Å².